The van der Waals surface area contributed by atoms with E-state index in [1.807, 2.05) is 13.8 Å². The molecule has 202 valence electrons. The van der Waals surface area contributed by atoms with Crippen LogP contribution in [0.15, 0.2) is 0 Å². The fourth-order valence-corrected chi connectivity index (χ4v) is 7.29. The summed E-state index contributed by atoms with van der Waals surface area (Å²) in [7, 11) is -2.00. The van der Waals surface area contributed by atoms with Crippen LogP contribution in [0.4, 0.5) is 0 Å². The lowest BCUT2D eigenvalue weighted by Crippen LogP contribution is -2.66. The van der Waals surface area contributed by atoms with Crippen LogP contribution in [0.1, 0.15) is 48.5 Å². The standard InChI is InChI=1S/C22H37NO10S2/c1-9-35(10-2,33-16(7)28)11-17(23-12(3)24)18-19(29-13(4)25)20(30-14(5)26)21(31-15(6)27)22(32-18)34-8/h17-22H,9-11H2,1-8H3,(H,23,24)/t17-,18+,19-,20-,21+,22+/m0/s1. The van der Waals surface area contributed by atoms with Crippen molar-refractivity contribution in [1.82, 2.24) is 5.32 Å². The van der Waals surface area contributed by atoms with Gasteiger partial charge in [-0.15, -0.1) is 11.8 Å². The predicted octanol–water partition coefficient (Wildman–Crippen LogP) is 1.70. The molecule has 1 aliphatic rings. The summed E-state index contributed by atoms with van der Waals surface area (Å²) in [5.41, 5.74) is -0.808. The van der Waals surface area contributed by atoms with Crippen LogP contribution < -0.4 is 5.32 Å². The fourth-order valence-electron chi connectivity index (χ4n) is 3.97. The summed E-state index contributed by atoms with van der Waals surface area (Å²) in [4.78, 5) is 60.0. The highest BCUT2D eigenvalue weighted by Crippen LogP contribution is 2.50. The van der Waals surface area contributed by atoms with E-state index in [1.54, 1.807) is 6.26 Å². The van der Waals surface area contributed by atoms with Gasteiger partial charge in [0.15, 0.2) is 18.3 Å². The Labute approximate surface area is 212 Å². The van der Waals surface area contributed by atoms with E-state index in [0.717, 1.165) is 0 Å². The van der Waals surface area contributed by atoms with Crippen LogP contribution in [0.5, 0.6) is 0 Å². The Balaban J connectivity index is 3.62. The molecule has 35 heavy (non-hydrogen) atoms. The van der Waals surface area contributed by atoms with E-state index >= 15 is 0 Å². The minimum absolute atomic E-state index is 0.216. The highest BCUT2D eigenvalue weighted by molar-refractivity contribution is 8.30. The summed E-state index contributed by atoms with van der Waals surface area (Å²) in [5, 5.41) is 2.84. The van der Waals surface area contributed by atoms with Crippen LogP contribution in [0.2, 0.25) is 0 Å². The maximum Gasteiger partial charge on any atom is 0.313 e. The fraction of sp³-hybridized carbons (Fsp3) is 0.773. The molecule has 1 heterocycles. The molecule has 0 aromatic carbocycles. The summed E-state index contributed by atoms with van der Waals surface area (Å²) >= 11 is 1.21. The number of amides is 1. The Kier molecular flexibility index (Phi) is 12.4. The lowest BCUT2D eigenvalue weighted by molar-refractivity contribution is -0.234. The van der Waals surface area contributed by atoms with Gasteiger partial charge in [-0.2, -0.15) is 0 Å². The largest absolute Gasteiger partial charge is 0.456 e. The highest BCUT2D eigenvalue weighted by atomic mass is 32.3. The predicted molar refractivity (Wildman–Crippen MR) is 132 cm³/mol. The molecule has 0 aromatic heterocycles. The minimum Gasteiger partial charge on any atom is -0.456 e. The monoisotopic (exact) mass is 539 g/mol. The zero-order valence-electron chi connectivity index (χ0n) is 21.5. The van der Waals surface area contributed by atoms with Crippen LogP contribution in [0.25, 0.3) is 0 Å². The van der Waals surface area contributed by atoms with Crippen LogP contribution in [0.3, 0.4) is 0 Å². The molecule has 0 aromatic rings. The van der Waals surface area contributed by atoms with Crippen molar-refractivity contribution in [3.63, 3.8) is 0 Å². The van der Waals surface area contributed by atoms with Crippen molar-refractivity contribution in [3.8, 4) is 0 Å². The molecule has 1 fully saturated rings. The second kappa shape index (κ2) is 13.9. The first-order valence-electron chi connectivity index (χ1n) is 11.2. The summed E-state index contributed by atoms with van der Waals surface area (Å²) in [6.07, 6.45) is -2.78. The SMILES string of the molecule is CCS(CC)(C[C@H](NC(C)=O)[C@H]1O[C@H](SC)[C@H](OC(C)=O)[C@@H](OC(C)=O)[C@H]1OC(C)=O)OC(C)=O. The van der Waals surface area contributed by atoms with Gasteiger partial charge in [0.2, 0.25) is 5.91 Å². The van der Waals surface area contributed by atoms with Gasteiger partial charge in [-0.3, -0.25) is 24.0 Å². The second-order valence-corrected chi connectivity index (χ2v) is 12.5. The number of hydrogen-bond donors (Lipinski definition) is 1. The normalized spacial score (nSPS) is 25.5. The molecule has 0 radical (unpaired) electrons. The Hall–Kier alpha value is -1.99. The van der Waals surface area contributed by atoms with E-state index in [4.69, 9.17) is 23.1 Å². The number of nitrogens with one attached hydrogen (secondary N) is 1. The highest BCUT2D eigenvalue weighted by Gasteiger charge is 2.54. The quantitative estimate of drug-likeness (QED) is 0.303. The third-order valence-corrected chi connectivity index (χ3v) is 9.79. The zero-order chi connectivity index (χ0) is 26.9. The zero-order valence-corrected chi connectivity index (χ0v) is 23.1. The molecule has 11 nitrogen and oxygen atoms in total. The molecule has 0 spiro atoms. The second-order valence-electron chi connectivity index (χ2n) is 8.02. The number of carbonyl (C=O) groups excluding carboxylic acids is 5. The first-order chi connectivity index (χ1) is 16.3. The summed E-state index contributed by atoms with van der Waals surface area (Å²) in [5.74, 6) is -1.55. The Morgan fingerprint density at radius 2 is 1.31 bits per heavy atom. The van der Waals surface area contributed by atoms with E-state index in [9.17, 15) is 24.0 Å². The molecule has 0 aliphatic carbocycles. The van der Waals surface area contributed by atoms with Gasteiger partial charge < -0.3 is 28.4 Å². The van der Waals surface area contributed by atoms with E-state index in [1.165, 1.54) is 46.4 Å². The van der Waals surface area contributed by atoms with Crippen molar-refractivity contribution in [2.24, 2.45) is 0 Å². The first kappa shape index (κ1) is 31.0. The van der Waals surface area contributed by atoms with Crippen LogP contribution >= 0.6 is 22.1 Å². The average molecular weight is 540 g/mol. The maximum atomic E-state index is 12.2. The molecular formula is C22H37NO10S2. The van der Waals surface area contributed by atoms with Gasteiger partial charge >= 0.3 is 23.9 Å². The number of hydrogen-bond acceptors (Lipinski definition) is 11. The van der Waals surface area contributed by atoms with Crippen LogP contribution in [0, 0.1) is 0 Å². The number of ether oxygens (including phenoxy) is 4. The van der Waals surface area contributed by atoms with Crippen molar-refractivity contribution < 1.29 is 47.1 Å². The average Bonchev–Trinajstić information content (AvgIpc) is 2.73. The molecule has 1 rings (SSSR count). The van der Waals surface area contributed by atoms with E-state index in [-0.39, 0.29) is 11.7 Å². The smallest absolute Gasteiger partial charge is 0.313 e. The van der Waals surface area contributed by atoms with Crippen molar-refractivity contribution in [2.45, 2.75) is 84.4 Å². The van der Waals surface area contributed by atoms with Gasteiger partial charge in [0.05, 0.1) is 6.04 Å². The molecule has 0 bridgehead atoms. The molecule has 1 N–H and O–H groups in total. The van der Waals surface area contributed by atoms with Gasteiger partial charge in [0.25, 0.3) is 0 Å². The third kappa shape index (κ3) is 9.19. The Bertz CT molecular complexity index is 788. The molecule has 1 saturated heterocycles. The van der Waals surface area contributed by atoms with Gasteiger partial charge in [-0.05, 0) is 6.26 Å². The van der Waals surface area contributed by atoms with E-state index < -0.39 is 70.1 Å². The van der Waals surface area contributed by atoms with E-state index in [2.05, 4.69) is 5.32 Å². The van der Waals surface area contributed by atoms with Crippen molar-refractivity contribution in [3.05, 3.63) is 0 Å². The van der Waals surface area contributed by atoms with Crippen LogP contribution in [-0.4, -0.2) is 89.2 Å². The van der Waals surface area contributed by atoms with Gasteiger partial charge in [0.1, 0.15) is 11.5 Å². The van der Waals surface area contributed by atoms with Gasteiger partial charge in [-0.25, -0.2) is 0 Å². The van der Waals surface area contributed by atoms with E-state index in [0.29, 0.717) is 11.5 Å². The number of thioether (sulfide) groups is 1. The maximum absolute atomic E-state index is 12.2. The number of rotatable bonds is 11. The molecule has 0 unspecified atom stereocenters. The Morgan fingerprint density at radius 3 is 1.71 bits per heavy atom. The lowest BCUT2D eigenvalue weighted by atomic mass is 9.94. The first-order valence-corrected chi connectivity index (χ1v) is 14.6. The molecule has 1 amide bonds. The summed E-state index contributed by atoms with van der Waals surface area (Å²) < 4.78 is 28.5. The molecule has 1 aliphatic heterocycles. The number of carbonyl (C=O) groups is 5. The van der Waals surface area contributed by atoms with Crippen molar-refractivity contribution >= 4 is 51.9 Å². The minimum atomic E-state index is -2.00. The number of esters is 3. The van der Waals surface area contributed by atoms with Gasteiger partial charge in [0, 0.05) is 51.9 Å². The Morgan fingerprint density at radius 1 is 0.829 bits per heavy atom. The van der Waals surface area contributed by atoms with Crippen molar-refractivity contribution in [1.29, 1.82) is 0 Å². The topological polar surface area (TPSA) is 144 Å². The van der Waals surface area contributed by atoms with Gasteiger partial charge in [-0.1, -0.05) is 24.2 Å². The lowest BCUT2D eigenvalue weighted by Gasteiger charge is -2.48. The summed E-state index contributed by atoms with van der Waals surface area (Å²) in [6, 6.07) is -0.780. The van der Waals surface area contributed by atoms with Crippen LogP contribution in [-0.2, 0) is 47.1 Å². The summed E-state index contributed by atoms with van der Waals surface area (Å²) in [6.45, 7) is 10.0. The molecular weight excluding hydrogens is 502 g/mol. The molecule has 13 heteroatoms. The molecule has 6 atom stereocenters. The third-order valence-electron chi connectivity index (χ3n) is 5.28. The molecule has 0 saturated carbocycles. The van der Waals surface area contributed by atoms with Crippen molar-refractivity contribution in [2.75, 3.05) is 23.5 Å².